The molecular weight excluding hydrogens is 248 g/mol. The number of hydrogen-bond donors (Lipinski definition) is 2. The van der Waals surface area contributed by atoms with E-state index < -0.39 is 17.9 Å². The van der Waals surface area contributed by atoms with Crippen LogP contribution in [0.15, 0.2) is 24.3 Å². The minimum absolute atomic E-state index is 0.260. The number of esters is 1. The smallest absolute Gasteiger partial charge is 0.340 e. The average molecular weight is 266 g/mol. The van der Waals surface area contributed by atoms with Gasteiger partial charge in [-0.25, -0.2) is 4.79 Å². The zero-order valence-electron chi connectivity index (χ0n) is 10.8. The van der Waals surface area contributed by atoms with Gasteiger partial charge >= 0.3 is 5.97 Å². The van der Waals surface area contributed by atoms with Crippen molar-refractivity contribution in [3.05, 3.63) is 29.8 Å². The molecule has 19 heavy (non-hydrogen) atoms. The molecule has 0 heterocycles. The molecular formula is C14H18O5. The van der Waals surface area contributed by atoms with Crippen LogP contribution >= 0.6 is 0 Å². The molecule has 1 saturated carbocycles. The molecule has 0 aromatic heterocycles. The number of aliphatic hydroxyl groups is 2. The van der Waals surface area contributed by atoms with Crippen molar-refractivity contribution in [2.24, 2.45) is 0 Å². The van der Waals surface area contributed by atoms with Crippen molar-refractivity contribution in [3.63, 3.8) is 0 Å². The summed E-state index contributed by atoms with van der Waals surface area (Å²) in [6.07, 6.45) is 1.22. The van der Waals surface area contributed by atoms with Crippen LogP contribution in [0.3, 0.4) is 0 Å². The van der Waals surface area contributed by atoms with Gasteiger partial charge in [-0.1, -0.05) is 6.42 Å². The van der Waals surface area contributed by atoms with Crippen LogP contribution in [0.1, 0.15) is 36.0 Å². The second kappa shape index (κ2) is 5.59. The molecule has 2 atom stereocenters. The molecule has 1 fully saturated rings. The van der Waals surface area contributed by atoms with Crippen molar-refractivity contribution in [3.8, 4) is 5.75 Å². The lowest BCUT2D eigenvalue weighted by atomic mass is 9.91. The zero-order chi connectivity index (χ0) is 13.9. The number of rotatable bonds is 3. The molecule has 1 aromatic rings. The Morgan fingerprint density at radius 3 is 2.58 bits per heavy atom. The Morgan fingerprint density at radius 2 is 2.00 bits per heavy atom. The van der Waals surface area contributed by atoms with E-state index >= 15 is 0 Å². The van der Waals surface area contributed by atoms with Gasteiger partial charge in [0.1, 0.15) is 11.9 Å². The molecule has 1 aromatic carbocycles. The Hall–Kier alpha value is -1.59. The summed E-state index contributed by atoms with van der Waals surface area (Å²) in [5.41, 5.74) is 0.312. The fourth-order valence-corrected chi connectivity index (χ4v) is 2.17. The number of benzene rings is 1. The maximum Gasteiger partial charge on any atom is 0.340 e. The fraction of sp³-hybridized carbons (Fsp3) is 0.500. The van der Waals surface area contributed by atoms with Crippen LogP contribution in [-0.2, 0) is 4.74 Å². The summed E-state index contributed by atoms with van der Waals surface area (Å²) in [5.74, 6) is -1.78. The Bertz CT molecular complexity index is 442. The first kappa shape index (κ1) is 13.8. The van der Waals surface area contributed by atoms with Gasteiger partial charge in [0, 0.05) is 6.42 Å². The monoisotopic (exact) mass is 266 g/mol. The highest BCUT2D eigenvalue weighted by Gasteiger charge is 2.41. The number of carbonyl (C=O) groups is 1. The predicted molar refractivity (Wildman–Crippen MR) is 67.8 cm³/mol. The van der Waals surface area contributed by atoms with Gasteiger partial charge in [-0.05, 0) is 37.1 Å². The Balaban J connectivity index is 2.07. The fourth-order valence-electron chi connectivity index (χ4n) is 2.17. The second-order valence-electron chi connectivity index (χ2n) is 4.72. The van der Waals surface area contributed by atoms with Gasteiger partial charge in [-0.2, -0.15) is 0 Å². The molecule has 5 heteroatoms. The zero-order valence-corrected chi connectivity index (χ0v) is 10.8. The van der Waals surface area contributed by atoms with Crippen molar-refractivity contribution < 1.29 is 24.5 Å². The van der Waals surface area contributed by atoms with Crippen LogP contribution in [0.2, 0.25) is 0 Å². The SMILES string of the molecule is COc1ccc(C(=O)O[C@]2(O)CCCC[C@H]2O)cc1. The van der Waals surface area contributed by atoms with E-state index in [-0.39, 0.29) is 6.42 Å². The first-order chi connectivity index (χ1) is 9.05. The van der Waals surface area contributed by atoms with E-state index in [9.17, 15) is 15.0 Å². The third kappa shape index (κ3) is 3.05. The maximum atomic E-state index is 11.9. The lowest BCUT2D eigenvalue weighted by molar-refractivity contribution is -0.239. The van der Waals surface area contributed by atoms with Gasteiger partial charge in [0.05, 0.1) is 12.7 Å². The lowest BCUT2D eigenvalue weighted by Crippen LogP contribution is -2.48. The van der Waals surface area contributed by atoms with Gasteiger partial charge < -0.3 is 19.7 Å². The Labute approximate surface area is 111 Å². The van der Waals surface area contributed by atoms with Gasteiger partial charge in [-0.15, -0.1) is 0 Å². The molecule has 0 bridgehead atoms. The minimum Gasteiger partial charge on any atom is -0.497 e. The number of hydrogen-bond acceptors (Lipinski definition) is 5. The second-order valence-corrected chi connectivity index (χ2v) is 4.72. The van der Waals surface area contributed by atoms with Crippen LogP contribution in [0.5, 0.6) is 5.75 Å². The number of aliphatic hydroxyl groups excluding tert-OH is 1. The van der Waals surface area contributed by atoms with Gasteiger partial charge in [0.25, 0.3) is 0 Å². The van der Waals surface area contributed by atoms with Gasteiger partial charge in [0.15, 0.2) is 0 Å². The molecule has 5 nitrogen and oxygen atoms in total. The molecule has 1 aliphatic carbocycles. The topological polar surface area (TPSA) is 76.0 Å². The molecule has 0 amide bonds. The third-order valence-corrected chi connectivity index (χ3v) is 3.38. The highest BCUT2D eigenvalue weighted by molar-refractivity contribution is 5.89. The summed E-state index contributed by atoms with van der Waals surface area (Å²) in [5, 5.41) is 19.9. The molecule has 2 N–H and O–H groups in total. The van der Waals surface area contributed by atoms with E-state index in [2.05, 4.69) is 0 Å². The highest BCUT2D eigenvalue weighted by atomic mass is 16.7. The molecule has 1 aliphatic rings. The molecule has 2 rings (SSSR count). The first-order valence-electron chi connectivity index (χ1n) is 6.33. The number of methoxy groups -OCH3 is 1. The molecule has 0 unspecified atom stereocenters. The van der Waals surface area contributed by atoms with Crippen molar-refractivity contribution >= 4 is 5.97 Å². The summed E-state index contributed by atoms with van der Waals surface area (Å²) in [7, 11) is 1.54. The highest BCUT2D eigenvalue weighted by Crippen LogP contribution is 2.30. The summed E-state index contributed by atoms with van der Waals surface area (Å²) in [6.45, 7) is 0. The van der Waals surface area contributed by atoms with Crippen LogP contribution < -0.4 is 4.74 Å². The van der Waals surface area contributed by atoms with E-state index in [4.69, 9.17) is 9.47 Å². The van der Waals surface area contributed by atoms with E-state index in [1.165, 1.54) is 7.11 Å². The van der Waals surface area contributed by atoms with Crippen molar-refractivity contribution in [1.29, 1.82) is 0 Å². The normalized spacial score (nSPS) is 26.8. The quantitative estimate of drug-likeness (QED) is 0.640. The van der Waals surface area contributed by atoms with Crippen molar-refractivity contribution in [2.45, 2.75) is 37.6 Å². The van der Waals surface area contributed by atoms with E-state index in [1.807, 2.05) is 0 Å². The summed E-state index contributed by atoms with van der Waals surface area (Å²) < 4.78 is 10.1. The van der Waals surface area contributed by atoms with Crippen LogP contribution in [0.4, 0.5) is 0 Å². The first-order valence-corrected chi connectivity index (χ1v) is 6.33. The average Bonchev–Trinajstić information content (AvgIpc) is 2.42. The van der Waals surface area contributed by atoms with Crippen molar-refractivity contribution in [1.82, 2.24) is 0 Å². The number of carbonyl (C=O) groups excluding carboxylic acids is 1. The van der Waals surface area contributed by atoms with Crippen LogP contribution in [-0.4, -0.2) is 35.2 Å². The van der Waals surface area contributed by atoms with E-state index in [0.717, 1.165) is 12.8 Å². The summed E-state index contributed by atoms with van der Waals surface area (Å²) in [6, 6.07) is 6.38. The standard InChI is InChI=1S/C14H18O5/c1-18-11-7-5-10(6-8-11)13(16)19-14(17)9-3-2-4-12(14)15/h5-8,12,15,17H,2-4,9H2,1H3/t12-,14-/m1/s1. The van der Waals surface area contributed by atoms with Crippen LogP contribution in [0.25, 0.3) is 0 Å². The van der Waals surface area contributed by atoms with Crippen molar-refractivity contribution in [2.75, 3.05) is 7.11 Å². The largest absolute Gasteiger partial charge is 0.497 e. The molecule has 0 aliphatic heterocycles. The van der Waals surface area contributed by atoms with Gasteiger partial charge in [-0.3, -0.25) is 0 Å². The van der Waals surface area contributed by atoms with Gasteiger partial charge in [0.2, 0.25) is 5.79 Å². The minimum atomic E-state index is -1.77. The maximum absolute atomic E-state index is 11.9. The predicted octanol–water partition coefficient (Wildman–Crippen LogP) is 1.48. The molecule has 0 radical (unpaired) electrons. The van der Waals surface area contributed by atoms with Crippen LogP contribution in [0, 0.1) is 0 Å². The van der Waals surface area contributed by atoms with E-state index in [1.54, 1.807) is 24.3 Å². The Kier molecular flexibility index (Phi) is 4.07. The number of ether oxygens (including phenoxy) is 2. The van der Waals surface area contributed by atoms with E-state index in [0.29, 0.717) is 17.7 Å². The molecule has 0 spiro atoms. The Morgan fingerprint density at radius 1 is 1.32 bits per heavy atom. The molecule has 104 valence electrons. The molecule has 0 saturated heterocycles. The summed E-state index contributed by atoms with van der Waals surface area (Å²) >= 11 is 0. The summed E-state index contributed by atoms with van der Waals surface area (Å²) in [4.78, 5) is 11.9. The third-order valence-electron chi connectivity index (χ3n) is 3.38. The lowest BCUT2D eigenvalue weighted by Gasteiger charge is -2.35.